The Hall–Kier alpha value is -3.03. The second-order valence-electron chi connectivity index (χ2n) is 7.75. The molecule has 156 valence electrons. The number of aromatic nitrogens is 4. The predicted molar refractivity (Wildman–Crippen MR) is 123 cm³/mol. The molecule has 0 saturated carbocycles. The third-order valence-corrected chi connectivity index (χ3v) is 6.80. The van der Waals surface area contributed by atoms with E-state index >= 15 is 0 Å². The first-order chi connectivity index (χ1) is 14.9. The summed E-state index contributed by atoms with van der Waals surface area (Å²) < 4.78 is 1.66. The normalized spacial score (nSPS) is 15.6. The van der Waals surface area contributed by atoms with E-state index in [0.29, 0.717) is 23.2 Å². The number of rotatable bonds is 3. The highest BCUT2D eigenvalue weighted by molar-refractivity contribution is 7.10. The van der Waals surface area contributed by atoms with Crippen LogP contribution in [0.25, 0.3) is 17.2 Å². The van der Waals surface area contributed by atoms with Gasteiger partial charge in [0, 0.05) is 44.8 Å². The van der Waals surface area contributed by atoms with E-state index in [1.165, 1.54) is 10.4 Å². The van der Waals surface area contributed by atoms with Crippen LogP contribution >= 0.6 is 22.9 Å². The molecule has 4 heterocycles. The highest BCUT2D eigenvalue weighted by atomic mass is 35.5. The van der Waals surface area contributed by atoms with Gasteiger partial charge in [-0.1, -0.05) is 23.7 Å². The molecule has 5 rings (SSSR count). The van der Waals surface area contributed by atoms with Crippen molar-refractivity contribution < 1.29 is 4.79 Å². The van der Waals surface area contributed by atoms with E-state index in [-0.39, 0.29) is 11.8 Å². The average Bonchev–Trinajstić information content (AvgIpc) is 3.31. The number of hydrogen-bond acceptors (Lipinski definition) is 5. The van der Waals surface area contributed by atoms with E-state index in [1.807, 2.05) is 44.2 Å². The van der Waals surface area contributed by atoms with Gasteiger partial charge < -0.3 is 5.32 Å². The lowest BCUT2D eigenvalue weighted by Gasteiger charge is -2.24. The van der Waals surface area contributed by atoms with Gasteiger partial charge in [-0.15, -0.1) is 11.3 Å². The van der Waals surface area contributed by atoms with Gasteiger partial charge in [0.1, 0.15) is 5.82 Å². The molecule has 1 aromatic carbocycles. The lowest BCUT2D eigenvalue weighted by Crippen LogP contribution is -2.25. The van der Waals surface area contributed by atoms with E-state index in [9.17, 15) is 4.79 Å². The van der Waals surface area contributed by atoms with Gasteiger partial charge in [-0.05, 0) is 56.0 Å². The molecular formula is C23H20ClN5OS. The quantitative estimate of drug-likeness (QED) is 0.451. The first-order valence-electron chi connectivity index (χ1n) is 9.96. The first-order valence-corrected chi connectivity index (χ1v) is 11.2. The van der Waals surface area contributed by atoms with E-state index in [1.54, 1.807) is 16.0 Å². The minimum Gasteiger partial charge on any atom is -0.310 e. The van der Waals surface area contributed by atoms with Gasteiger partial charge in [-0.25, -0.2) is 9.97 Å². The third-order valence-electron chi connectivity index (χ3n) is 5.41. The summed E-state index contributed by atoms with van der Waals surface area (Å²) in [6, 6.07) is 11.6. The number of nitrogens with zero attached hydrogens (tertiary/aromatic N) is 4. The zero-order valence-electron chi connectivity index (χ0n) is 17.3. The molecule has 0 bridgehead atoms. The van der Waals surface area contributed by atoms with Crippen LogP contribution in [0.5, 0.6) is 0 Å². The number of anilines is 1. The number of carbonyl (C=O) groups is 1. The zero-order valence-corrected chi connectivity index (χ0v) is 18.9. The molecule has 31 heavy (non-hydrogen) atoms. The summed E-state index contributed by atoms with van der Waals surface area (Å²) in [6.45, 7) is 5.92. The molecule has 0 saturated heterocycles. The summed E-state index contributed by atoms with van der Waals surface area (Å²) >= 11 is 7.80. The molecular weight excluding hydrogens is 430 g/mol. The van der Waals surface area contributed by atoms with E-state index in [2.05, 4.69) is 33.7 Å². The van der Waals surface area contributed by atoms with Crippen molar-refractivity contribution in [2.75, 3.05) is 5.32 Å². The molecule has 0 spiro atoms. The van der Waals surface area contributed by atoms with Crippen LogP contribution in [0.2, 0.25) is 5.02 Å². The summed E-state index contributed by atoms with van der Waals surface area (Å²) in [4.78, 5) is 23.1. The first kappa shape index (κ1) is 19.9. The number of nitrogens with one attached hydrogen (secondary N) is 1. The Labute approximate surface area is 188 Å². The average molecular weight is 450 g/mol. The summed E-state index contributed by atoms with van der Waals surface area (Å²) in [7, 11) is 0. The fourth-order valence-electron chi connectivity index (χ4n) is 4.08. The maximum atomic E-state index is 12.7. The standard InChI is InChI=1S/C23H20ClN5OS/c1-12-8-9-31-21(12)17-11-18(30)27-22-19(17)20(15-4-6-16(24)7-5-15)28-29(22)23-25-13(2)10-14(3)26-23/h4-10,17H,11H2,1-3H3,(H,27,30). The van der Waals surface area contributed by atoms with Crippen LogP contribution < -0.4 is 5.32 Å². The van der Waals surface area contributed by atoms with Crippen molar-refractivity contribution in [2.45, 2.75) is 33.1 Å². The minimum absolute atomic E-state index is 0.0431. The number of thiophene rings is 1. The third kappa shape index (κ3) is 3.54. The fourth-order valence-corrected chi connectivity index (χ4v) is 5.25. The molecule has 1 unspecified atom stereocenters. The fraction of sp³-hybridized carbons (Fsp3) is 0.217. The molecule has 3 aromatic heterocycles. The van der Waals surface area contributed by atoms with Crippen molar-refractivity contribution in [3.05, 3.63) is 74.2 Å². The van der Waals surface area contributed by atoms with Crippen LogP contribution in [-0.2, 0) is 4.79 Å². The van der Waals surface area contributed by atoms with Crippen LogP contribution in [-0.4, -0.2) is 25.7 Å². The second kappa shape index (κ2) is 7.59. The number of amides is 1. The van der Waals surface area contributed by atoms with Crippen LogP contribution in [0.15, 0.2) is 41.8 Å². The number of carbonyl (C=O) groups excluding carboxylic acids is 1. The molecule has 1 aliphatic rings. The van der Waals surface area contributed by atoms with E-state index in [4.69, 9.17) is 16.7 Å². The van der Waals surface area contributed by atoms with Crippen molar-refractivity contribution in [2.24, 2.45) is 0 Å². The van der Waals surface area contributed by atoms with Gasteiger partial charge in [0.05, 0.1) is 5.69 Å². The summed E-state index contributed by atoms with van der Waals surface area (Å²) in [5.74, 6) is 0.939. The molecule has 0 radical (unpaired) electrons. The molecule has 0 fully saturated rings. The van der Waals surface area contributed by atoms with Crippen LogP contribution in [0, 0.1) is 20.8 Å². The maximum absolute atomic E-state index is 12.7. The minimum atomic E-state index is -0.0888. The molecule has 4 aromatic rings. The van der Waals surface area contributed by atoms with Crippen LogP contribution in [0.1, 0.15) is 39.7 Å². The second-order valence-corrected chi connectivity index (χ2v) is 9.14. The Kier molecular flexibility index (Phi) is 4.87. The highest BCUT2D eigenvalue weighted by Crippen LogP contribution is 2.45. The molecule has 6 nitrogen and oxygen atoms in total. The van der Waals surface area contributed by atoms with Gasteiger partial charge >= 0.3 is 0 Å². The molecule has 1 atom stereocenters. The maximum Gasteiger partial charge on any atom is 0.252 e. The summed E-state index contributed by atoms with van der Waals surface area (Å²) in [5.41, 5.74) is 5.56. The van der Waals surface area contributed by atoms with E-state index in [0.717, 1.165) is 28.2 Å². The zero-order chi connectivity index (χ0) is 21.7. The van der Waals surface area contributed by atoms with Crippen molar-refractivity contribution in [3.63, 3.8) is 0 Å². The summed E-state index contributed by atoms with van der Waals surface area (Å²) in [6.07, 6.45) is 0.369. The van der Waals surface area contributed by atoms with Gasteiger partial charge in [-0.2, -0.15) is 9.78 Å². The highest BCUT2D eigenvalue weighted by Gasteiger charge is 2.36. The van der Waals surface area contributed by atoms with Gasteiger partial charge in [-0.3, -0.25) is 4.79 Å². The molecule has 1 aliphatic heterocycles. The van der Waals surface area contributed by atoms with Crippen LogP contribution in [0.4, 0.5) is 5.82 Å². The van der Waals surface area contributed by atoms with Crippen molar-refractivity contribution in [1.82, 2.24) is 19.7 Å². The van der Waals surface area contributed by atoms with Crippen molar-refractivity contribution >= 4 is 34.7 Å². The number of aryl methyl sites for hydroxylation is 3. The lowest BCUT2D eigenvalue weighted by atomic mass is 9.87. The van der Waals surface area contributed by atoms with Gasteiger partial charge in [0.2, 0.25) is 5.91 Å². The number of benzene rings is 1. The number of fused-ring (bicyclic) bond motifs is 1. The SMILES string of the molecule is Cc1cc(C)nc(-n2nc(-c3ccc(Cl)cc3)c3c2NC(=O)CC3c2sccc2C)n1. The van der Waals surface area contributed by atoms with E-state index < -0.39 is 0 Å². The Bertz CT molecular complexity index is 1290. The smallest absolute Gasteiger partial charge is 0.252 e. The summed E-state index contributed by atoms with van der Waals surface area (Å²) in [5, 5.41) is 10.7. The molecule has 8 heteroatoms. The van der Waals surface area contributed by atoms with Crippen molar-refractivity contribution in [1.29, 1.82) is 0 Å². The van der Waals surface area contributed by atoms with Gasteiger partial charge in [0.25, 0.3) is 5.95 Å². The number of hydrogen-bond donors (Lipinski definition) is 1. The predicted octanol–water partition coefficient (Wildman–Crippen LogP) is 5.44. The van der Waals surface area contributed by atoms with Gasteiger partial charge in [0.15, 0.2) is 0 Å². The number of halogens is 1. The topological polar surface area (TPSA) is 72.7 Å². The largest absolute Gasteiger partial charge is 0.310 e. The Balaban J connectivity index is 1.80. The molecule has 1 amide bonds. The Morgan fingerprint density at radius 3 is 2.45 bits per heavy atom. The van der Waals surface area contributed by atoms with Crippen molar-refractivity contribution in [3.8, 4) is 17.2 Å². The molecule has 0 aliphatic carbocycles. The molecule has 1 N–H and O–H groups in total. The monoisotopic (exact) mass is 449 g/mol. The Morgan fingerprint density at radius 1 is 1.10 bits per heavy atom. The van der Waals surface area contributed by atoms with Crippen LogP contribution in [0.3, 0.4) is 0 Å². The Morgan fingerprint density at radius 2 is 1.81 bits per heavy atom. The lowest BCUT2D eigenvalue weighted by molar-refractivity contribution is -0.116.